The van der Waals surface area contributed by atoms with E-state index < -0.39 is 0 Å². The van der Waals surface area contributed by atoms with Crippen molar-refractivity contribution in [3.63, 3.8) is 0 Å². The van der Waals surface area contributed by atoms with Crippen LogP contribution in [0.4, 0.5) is 0 Å². The van der Waals surface area contributed by atoms with Crippen molar-refractivity contribution < 1.29 is 4.79 Å². The molecule has 0 bridgehead atoms. The SMILES string of the molecule is Cc1ccc(-c2cccc(-c3cccc(-c4cccc(-c5ccc(C(=O)c6ccccc6C)c(C)c5)c4)c3)c2)cc1C. The predicted octanol–water partition coefficient (Wildman–Crippen LogP) is 10.8. The predicted molar refractivity (Wildman–Crippen MR) is 177 cm³/mol. The molecule has 0 atom stereocenters. The molecule has 0 spiro atoms. The second-order valence-electron chi connectivity index (χ2n) is 11.2. The molecular formula is C41H34O. The first-order valence-electron chi connectivity index (χ1n) is 14.5. The Morgan fingerprint density at radius 3 is 1.19 bits per heavy atom. The van der Waals surface area contributed by atoms with Gasteiger partial charge in [-0.1, -0.05) is 115 Å². The quantitative estimate of drug-likeness (QED) is 0.191. The van der Waals surface area contributed by atoms with Crippen LogP contribution in [-0.2, 0) is 0 Å². The fraction of sp³-hybridized carbons (Fsp3) is 0.0976. The molecule has 0 radical (unpaired) electrons. The van der Waals surface area contributed by atoms with Crippen LogP contribution in [0.3, 0.4) is 0 Å². The number of carbonyl (C=O) groups is 1. The van der Waals surface area contributed by atoms with Crippen LogP contribution in [0.25, 0.3) is 44.5 Å². The zero-order valence-electron chi connectivity index (χ0n) is 24.6. The van der Waals surface area contributed by atoms with Crippen LogP contribution in [-0.4, -0.2) is 5.78 Å². The third-order valence-corrected chi connectivity index (χ3v) is 8.29. The smallest absolute Gasteiger partial charge is 0.193 e. The summed E-state index contributed by atoms with van der Waals surface area (Å²) < 4.78 is 0. The number of hydrogen-bond acceptors (Lipinski definition) is 1. The van der Waals surface area contributed by atoms with Crippen LogP contribution in [0.2, 0.25) is 0 Å². The molecule has 1 nitrogen and oxygen atoms in total. The third-order valence-electron chi connectivity index (χ3n) is 8.29. The second kappa shape index (κ2) is 11.5. The highest BCUT2D eigenvalue weighted by molar-refractivity contribution is 6.11. The summed E-state index contributed by atoms with van der Waals surface area (Å²) in [5.41, 5.74) is 15.5. The van der Waals surface area contributed by atoms with Crippen LogP contribution < -0.4 is 0 Å². The molecule has 0 unspecified atom stereocenters. The van der Waals surface area contributed by atoms with Gasteiger partial charge in [-0.05, 0) is 113 Å². The molecule has 6 aromatic carbocycles. The molecule has 0 saturated heterocycles. The van der Waals surface area contributed by atoms with Crippen LogP contribution in [0.5, 0.6) is 0 Å². The molecule has 204 valence electrons. The topological polar surface area (TPSA) is 17.1 Å². The van der Waals surface area contributed by atoms with Gasteiger partial charge in [0.1, 0.15) is 0 Å². The van der Waals surface area contributed by atoms with Gasteiger partial charge in [0.2, 0.25) is 0 Å². The molecule has 0 aliphatic rings. The van der Waals surface area contributed by atoms with Gasteiger partial charge in [0.05, 0.1) is 0 Å². The third kappa shape index (κ3) is 5.47. The molecule has 0 amide bonds. The van der Waals surface area contributed by atoms with E-state index in [1.54, 1.807) is 0 Å². The molecule has 0 saturated carbocycles. The molecular weight excluding hydrogens is 508 g/mol. The molecule has 0 aliphatic heterocycles. The van der Waals surface area contributed by atoms with E-state index in [0.717, 1.165) is 38.9 Å². The van der Waals surface area contributed by atoms with Gasteiger partial charge in [-0.3, -0.25) is 4.79 Å². The van der Waals surface area contributed by atoms with Crippen LogP contribution >= 0.6 is 0 Å². The van der Waals surface area contributed by atoms with Crippen LogP contribution in [0.15, 0.2) is 133 Å². The summed E-state index contributed by atoms with van der Waals surface area (Å²) in [4.78, 5) is 13.3. The maximum Gasteiger partial charge on any atom is 0.193 e. The van der Waals surface area contributed by atoms with E-state index in [1.807, 2.05) is 44.2 Å². The maximum atomic E-state index is 13.3. The van der Waals surface area contributed by atoms with Crippen molar-refractivity contribution in [1.82, 2.24) is 0 Å². The Kier molecular flexibility index (Phi) is 7.42. The number of hydrogen-bond donors (Lipinski definition) is 0. The van der Waals surface area contributed by atoms with E-state index in [4.69, 9.17) is 0 Å². The first-order chi connectivity index (χ1) is 20.4. The first kappa shape index (κ1) is 27.2. The van der Waals surface area contributed by atoms with Crippen molar-refractivity contribution in [1.29, 1.82) is 0 Å². The van der Waals surface area contributed by atoms with Gasteiger partial charge in [-0.15, -0.1) is 0 Å². The summed E-state index contributed by atoms with van der Waals surface area (Å²) in [5.74, 6) is 0.0734. The van der Waals surface area contributed by atoms with Crippen molar-refractivity contribution >= 4 is 5.78 Å². The maximum absolute atomic E-state index is 13.3. The van der Waals surface area contributed by atoms with E-state index in [1.165, 1.54) is 38.9 Å². The second-order valence-corrected chi connectivity index (χ2v) is 11.2. The molecule has 0 heterocycles. The number of aryl methyl sites for hydroxylation is 4. The van der Waals surface area contributed by atoms with Crippen molar-refractivity contribution in [3.8, 4) is 44.5 Å². The Bertz CT molecular complexity index is 1940. The normalized spacial score (nSPS) is 11.0. The van der Waals surface area contributed by atoms with Crippen molar-refractivity contribution in [2.75, 3.05) is 0 Å². The first-order valence-corrected chi connectivity index (χ1v) is 14.5. The lowest BCUT2D eigenvalue weighted by molar-refractivity contribution is 0.103. The lowest BCUT2D eigenvalue weighted by atomic mass is 9.92. The molecule has 6 rings (SSSR count). The monoisotopic (exact) mass is 542 g/mol. The highest BCUT2D eigenvalue weighted by Gasteiger charge is 2.15. The highest BCUT2D eigenvalue weighted by atomic mass is 16.1. The van der Waals surface area contributed by atoms with Crippen molar-refractivity contribution in [3.05, 3.63) is 167 Å². The largest absolute Gasteiger partial charge is 0.289 e. The Morgan fingerprint density at radius 2 is 0.738 bits per heavy atom. The molecule has 6 aromatic rings. The lowest BCUT2D eigenvalue weighted by Gasteiger charge is -2.12. The van der Waals surface area contributed by atoms with Gasteiger partial charge >= 0.3 is 0 Å². The molecule has 0 N–H and O–H groups in total. The summed E-state index contributed by atoms with van der Waals surface area (Å²) >= 11 is 0. The zero-order chi connectivity index (χ0) is 29.2. The summed E-state index contributed by atoms with van der Waals surface area (Å²) in [6.07, 6.45) is 0. The highest BCUT2D eigenvalue weighted by Crippen LogP contribution is 2.32. The van der Waals surface area contributed by atoms with E-state index >= 15 is 0 Å². The Morgan fingerprint density at radius 1 is 0.333 bits per heavy atom. The Labute approximate surface area is 249 Å². The fourth-order valence-corrected chi connectivity index (χ4v) is 5.63. The van der Waals surface area contributed by atoms with E-state index in [9.17, 15) is 4.79 Å². The van der Waals surface area contributed by atoms with E-state index in [2.05, 4.69) is 117 Å². The molecule has 42 heavy (non-hydrogen) atoms. The van der Waals surface area contributed by atoms with Gasteiger partial charge in [-0.25, -0.2) is 0 Å². The summed E-state index contributed by atoms with van der Waals surface area (Å²) in [6.45, 7) is 8.33. The molecule has 1 heteroatoms. The number of ketones is 1. The number of carbonyl (C=O) groups excluding carboxylic acids is 1. The minimum atomic E-state index is 0.0734. The molecule has 0 aliphatic carbocycles. The van der Waals surface area contributed by atoms with Crippen LogP contribution in [0.1, 0.15) is 38.2 Å². The standard InChI is InChI=1S/C41H34O/c1-27-18-19-37(22-29(27)3)35-15-8-13-33(25-35)31-11-7-12-32(24-31)34-14-9-16-36(26-34)38-20-21-40(30(4)23-38)41(42)39-17-6-5-10-28(39)2/h5-26H,1-4H3. The Balaban J connectivity index is 1.30. The zero-order valence-corrected chi connectivity index (χ0v) is 24.6. The summed E-state index contributed by atoms with van der Waals surface area (Å²) in [7, 11) is 0. The number of benzene rings is 6. The van der Waals surface area contributed by atoms with Gasteiger partial charge in [0, 0.05) is 11.1 Å². The average molecular weight is 543 g/mol. The lowest BCUT2D eigenvalue weighted by Crippen LogP contribution is -2.05. The van der Waals surface area contributed by atoms with Crippen LogP contribution in [0, 0.1) is 27.7 Å². The fourth-order valence-electron chi connectivity index (χ4n) is 5.63. The van der Waals surface area contributed by atoms with Gasteiger partial charge in [0.25, 0.3) is 0 Å². The van der Waals surface area contributed by atoms with E-state index in [0.29, 0.717) is 0 Å². The summed E-state index contributed by atoms with van der Waals surface area (Å²) in [5, 5.41) is 0. The minimum Gasteiger partial charge on any atom is -0.289 e. The number of rotatable bonds is 6. The average Bonchev–Trinajstić information content (AvgIpc) is 3.02. The van der Waals surface area contributed by atoms with E-state index in [-0.39, 0.29) is 5.78 Å². The van der Waals surface area contributed by atoms with Crippen molar-refractivity contribution in [2.45, 2.75) is 27.7 Å². The molecule has 0 fully saturated rings. The van der Waals surface area contributed by atoms with Crippen molar-refractivity contribution in [2.24, 2.45) is 0 Å². The van der Waals surface area contributed by atoms with Gasteiger partial charge < -0.3 is 0 Å². The van der Waals surface area contributed by atoms with Gasteiger partial charge in [0.15, 0.2) is 5.78 Å². The Hall–Kier alpha value is -5.01. The van der Waals surface area contributed by atoms with Gasteiger partial charge in [-0.2, -0.15) is 0 Å². The summed E-state index contributed by atoms with van der Waals surface area (Å²) in [6, 6.07) is 46.8. The minimum absolute atomic E-state index is 0.0734. The molecule has 0 aromatic heterocycles.